The highest BCUT2D eigenvalue weighted by molar-refractivity contribution is 7.89. The lowest BCUT2D eigenvalue weighted by Gasteiger charge is -2.34. The van der Waals surface area contributed by atoms with Gasteiger partial charge in [-0.15, -0.1) is 12.4 Å². The van der Waals surface area contributed by atoms with E-state index in [1.54, 1.807) is 6.07 Å². The lowest BCUT2D eigenvalue weighted by molar-refractivity contribution is 0.232. The van der Waals surface area contributed by atoms with E-state index in [0.717, 1.165) is 25.9 Å². The van der Waals surface area contributed by atoms with E-state index in [1.807, 2.05) is 0 Å². The first-order valence-corrected chi connectivity index (χ1v) is 9.11. The van der Waals surface area contributed by atoms with Crippen molar-refractivity contribution in [1.29, 1.82) is 0 Å². The number of benzene rings is 1. The largest absolute Gasteiger partial charge is 0.423 e. The Balaban J connectivity index is 0.00000208. The summed E-state index contributed by atoms with van der Waals surface area (Å²) in [5, 5.41) is 3.86. The van der Waals surface area contributed by atoms with Crippen molar-refractivity contribution in [2.75, 3.05) is 19.6 Å². The van der Waals surface area contributed by atoms with Gasteiger partial charge in [-0.25, -0.2) is 17.9 Å². The third kappa shape index (κ3) is 4.16. The number of halogens is 1. The summed E-state index contributed by atoms with van der Waals surface area (Å²) in [5.74, 6) is 0. The van der Waals surface area contributed by atoms with Gasteiger partial charge in [0.05, 0.1) is 4.90 Å². The molecule has 1 aromatic carbocycles. The molecule has 1 saturated heterocycles. The Morgan fingerprint density at radius 2 is 1.92 bits per heavy atom. The monoisotopic (exact) mass is 372 g/mol. The molecule has 1 aliphatic heterocycles. The van der Waals surface area contributed by atoms with E-state index in [0.29, 0.717) is 17.5 Å². The molecule has 6 nitrogen and oxygen atoms in total. The van der Waals surface area contributed by atoms with E-state index < -0.39 is 15.6 Å². The number of hydrogen-bond donors (Lipinski definition) is 2. The third-order valence-electron chi connectivity index (χ3n) is 4.40. The van der Waals surface area contributed by atoms with Crippen LogP contribution in [0.1, 0.15) is 19.8 Å². The van der Waals surface area contributed by atoms with Gasteiger partial charge in [0.1, 0.15) is 5.58 Å². The fourth-order valence-electron chi connectivity index (χ4n) is 2.78. The summed E-state index contributed by atoms with van der Waals surface area (Å²) in [6.07, 6.45) is 1.89. The molecule has 1 fully saturated rings. The van der Waals surface area contributed by atoms with Gasteiger partial charge in [-0.2, -0.15) is 0 Å². The molecule has 0 unspecified atom stereocenters. The topological polar surface area (TPSA) is 88.4 Å². The minimum absolute atomic E-state index is 0. The van der Waals surface area contributed by atoms with Crippen molar-refractivity contribution in [3.63, 3.8) is 0 Å². The van der Waals surface area contributed by atoms with Crippen LogP contribution in [0.5, 0.6) is 0 Å². The van der Waals surface area contributed by atoms with Crippen LogP contribution in [0, 0.1) is 5.41 Å². The molecule has 2 heterocycles. The second-order valence-corrected chi connectivity index (χ2v) is 8.11. The minimum atomic E-state index is -3.59. The van der Waals surface area contributed by atoms with Crippen LogP contribution in [0.15, 0.2) is 44.4 Å². The summed E-state index contributed by atoms with van der Waals surface area (Å²) in [7, 11) is -3.59. The summed E-state index contributed by atoms with van der Waals surface area (Å²) >= 11 is 0. The highest BCUT2D eigenvalue weighted by Crippen LogP contribution is 2.27. The van der Waals surface area contributed by atoms with E-state index in [4.69, 9.17) is 4.42 Å². The fourth-order valence-corrected chi connectivity index (χ4v) is 4.01. The molecule has 1 aliphatic rings. The molecule has 0 amide bonds. The Hall–Kier alpha value is -1.41. The van der Waals surface area contributed by atoms with Crippen molar-refractivity contribution in [2.24, 2.45) is 5.41 Å². The first-order valence-electron chi connectivity index (χ1n) is 7.62. The second-order valence-electron chi connectivity index (χ2n) is 6.34. The zero-order chi connectivity index (χ0) is 16.5. The molecule has 0 spiro atoms. The van der Waals surface area contributed by atoms with E-state index in [-0.39, 0.29) is 22.7 Å². The molecule has 0 atom stereocenters. The molecule has 132 valence electrons. The fraction of sp³-hybridized carbons (Fsp3) is 0.438. The SMILES string of the molecule is CC1(CNS(=O)(=O)c2ccc3oc(=O)ccc3c2)CCNCC1.Cl. The molecule has 0 bridgehead atoms. The zero-order valence-corrected chi connectivity index (χ0v) is 15.0. The molecule has 0 aliphatic carbocycles. The lowest BCUT2D eigenvalue weighted by Crippen LogP contribution is -2.42. The predicted octanol–water partition coefficient (Wildman–Crippen LogP) is 1.88. The van der Waals surface area contributed by atoms with Crippen molar-refractivity contribution >= 4 is 33.4 Å². The van der Waals surface area contributed by atoms with Crippen LogP contribution < -0.4 is 15.7 Å². The van der Waals surface area contributed by atoms with Gasteiger partial charge in [-0.3, -0.25) is 0 Å². The maximum Gasteiger partial charge on any atom is 0.336 e. The molecule has 2 aromatic rings. The van der Waals surface area contributed by atoms with Crippen LogP contribution in [0.3, 0.4) is 0 Å². The summed E-state index contributed by atoms with van der Waals surface area (Å²) in [5.41, 5.74) is -0.103. The average Bonchev–Trinajstić information content (AvgIpc) is 2.53. The van der Waals surface area contributed by atoms with E-state index in [9.17, 15) is 13.2 Å². The number of fused-ring (bicyclic) bond motifs is 1. The summed E-state index contributed by atoms with van der Waals surface area (Å²) < 4.78 is 32.8. The molecule has 0 radical (unpaired) electrons. The Labute approximate surface area is 147 Å². The first kappa shape index (κ1) is 18.9. The summed E-state index contributed by atoms with van der Waals surface area (Å²) in [6, 6.07) is 7.33. The molecule has 2 N–H and O–H groups in total. The van der Waals surface area contributed by atoms with Gasteiger partial charge < -0.3 is 9.73 Å². The van der Waals surface area contributed by atoms with Crippen molar-refractivity contribution in [3.05, 3.63) is 40.8 Å². The van der Waals surface area contributed by atoms with Gasteiger partial charge in [0, 0.05) is 18.0 Å². The number of hydrogen-bond acceptors (Lipinski definition) is 5. The van der Waals surface area contributed by atoms with E-state index in [1.165, 1.54) is 24.3 Å². The van der Waals surface area contributed by atoms with Crippen LogP contribution in [-0.4, -0.2) is 28.1 Å². The Morgan fingerprint density at radius 3 is 2.62 bits per heavy atom. The average molecular weight is 373 g/mol. The van der Waals surface area contributed by atoms with Crippen LogP contribution in [0.25, 0.3) is 11.0 Å². The van der Waals surface area contributed by atoms with E-state index >= 15 is 0 Å². The standard InChI is InChI=1S/C16H20N2O4S.ClH/c1-16(6-8-17-9-7-16)11-18-23(20,21)13-3-4-14-12(10-13)2-5-15(19)22-14;/h2-5,10,17-18H,6-9,11H2,1H3;1H. The summed E-state index contributed by atoms with van der Waals surface area (Å²) in [6.45, 7) is 4.34. The number of piperidine rings is 1. The van der Waals surface area contributed by atoms with Crippen LogP contribution in [-0.2, 0) is 10.0 Å². The lowest BCUT2D eigenvalue weighted by atomic mass is 9.81. The van der Waals surface area contributed by atoms with Gasteiger partial charge in [0.2, 0.25) is 10.0 Å². The van der Waals surface area contributed by atoms with Gasteiger partial charge in [0.25, 0.3) is 0 Å². The van der Waals surface area contributed by atoms with Gasteiger partial charge in [-0.05, 0) is 55.6 Å². The number of rotatable bonds is 4. The normalized spacial score (nSPS) is 17.4. The van der Waals surface area contributed by atoms with E-state index in [2.05, 4.69) is 17.0 Å². The summed E-state index contributed by atoms with van der Waals surface area (Å²) in [4.78, 5) is 11.4. The minimum Gasteiger partial charge on any atom is -0.423 e. The Bertz CT molecular complexity index is 873. The maximum absolute atomic E-state index is 12.5. The number of nitrogens with one attached hydrogen (secondary N) is 2. The maximum atomic E-state index is 12.5. The van der Waals surface area contributed by atoms with Crippen LogP contribution >= 0.6 is 12.4 Å². The molecule has 8 heteroatoms. The van der Waals surface area contributed by atoms with Gasteiger partial charge in [-0.1, -0.05) is 6.92 Å². The Morgan fingerprint density at radius 1 is 1.21 bits per heavy atom. The van der Waals surface area contributed by atoms with Gasteiger partial charge >= 0.3 is 5.63 Å². The first-order chi connectivity index (χ1) is 10.9. The highest BCUT2D eigenvalue weighted by Gasteiger charge is 2.28. The van der Waals surface area contributed by atoms with Crippen molar-refractivity contribution in [3.8, 4) is 0 Å². The predicted molar refractivity (Wildman–Crippen MR) is 95.1 cm³/mol. The van der Waals surface area contributed by atoms with Crippen molar-refractivity contribution in [2.45, 2.75) is 24.7 Å². The van der Waals surface area contributed by atoms with Gasteiger partial charge in [0.15, 0.2) is 0 Å². The quantitative estimate of drug-likeness (QED) is 0.800. The second kappa shape index (κ2) is 7.23. The zero-order valence-electron chi connectivity index (χ0n) is 13.4. The molecule has 0 saturated carbocycles. The Kier molecular flexibility index (Phi) is 5.70. The number of sulfonamides is 1. The third-order valence-corrected chi connectivity index (χ3v) is 5.80. The molecular weight excluding hydrogens is 352 g/mol. The molecule has 24 heavy (non-hydrogen) atoms. The van der Waals surface area contributed by atoms with Crippen molar-refractivity contribution < 1.29 is 12.8 Å². The van der Waals surface area contributed by atoms with Crippen molar-refractivity contribution in [1.82, 2.24) is 10.0 Å². The molecular formula is C16H21ClN2O4S. The molecule has 3 rings (SSSR count). The smallest absolute Gasteiger partial charge is 0.336 e. The highest BCUT2D eigenvalue weighted by atomic mass is 35.5. The van der Waals surface area contributed by atoms with Crippen LogP contribution in [0.2, 0.25) is 0 Å². The molecule has 1 aromatic heterocycles. The van der Waals surface area contributed by atoms with Crippen LogP contribution in [0.4, 0.5) is 0 Å².